The first-order valence-corrected chi connectivity index (χ1v) is 6.22. The van der Waals surface area contributed by atoms with Gasteiger partial charge in [0.05, 0.1) is 25.3 Å². The molecule has 0 radical (unpaired) electrons. The highest BCUT2D eigenvalue weighted by molar-refractivity contribution is 5.68. The number of hydrogen-bond acceptors (Lipinski definition) is 5. The third kappa shape index (κ3) is 4.80. The Labute approximate surface area is 108 Å². The molecule has 0 aromatic heterocycles. The molecule has 1 rings (SSSR count). The van der Waals surface area contributed by atoms with Crippen molar-refractivity contribution in [2.24, 2.45) is 0 Å². The minimum atomic E-state index is -0.561. The number of likely N-dealkylation sites (tertiary alicyclic amines) is 1. The van der Waals surface area contributed by atoms with Crippen LogP contribution in [-0.4, -0.2) is 67.2 Å². The Morgan fingerprint density at radius 2 is 2.11 bits per heavy atom. The van der Waals surface area contributed by atoms with Crippen LogP contribution < -0.4 is 5.32 Å². The summed E-state index contributed by atoms with van der Waals surface area (Å²) in [5, 5.41) is 13.0. The van der Waals surface area contributed by atoms with E-state index in [1.807, 2.05) is 20.8 Å². The summed E-state index contributed by atoms with van der Waals surface area (Å²) in [7, 11) is 1.62. The molecule has 0 aromatic carbocycles. The van der Waals surface area contributed by atoms with Crippen LogP contribution in [-0.2, 0) is 9.47 Å². The summed E-state index contributed by atoms with van der Waals surface area (Å²) in [5.41, 5.74) is -0.510. The molecule has 1 saturated heterocycles. The number of rotatable bonds is 4. The van der Waals surface area contributed by atoms with Crippen LogP contribution in [0, 0.1) is 0 Å². The van der Waals surface area contributed by atoms with E-state index >= 15 is 0 Å². The van der Waals surface area contributed by atoms with E-state index in [-0.39, 0.29) is 12.1 Å². The summed E-state index contributed by atoms with van der Waals surface area (Å²) in [6.45, 7) is 7.47. The van der Waals surface area contributed by atoms with Crippen LogP contribution in [0.5, 0.6) is 0 Å². The van der Waals surface area contributed by atoms with Crippen LogP contribution >= 0.6 is 0 Å². The van der Waals surface area contributed by atoms with E-state index in [4.69, 9.17) is 9.47 Å². The SMILES string of the molecule is COCCN[C@@H]1CN(C(=O)OC(C)(C)C)C[C@H]1O. The molecular weight excluding hydrogens is 236 g/mol. The highest BCUT2D eigenvalue weighted by atomic mass is 16.6. The van der Waals surface area contributed by atoms with Crippen molar-refractivity contribution < 1.29 is 19.4 Å². The first-order valence-electron chi connectivity index (χ1n) is 6.22. The Morgan fingerprint density at radius 3 is 2.67 bits per heavy atom. The zero-order chi connectivity index (χ0) is 13.8. The van der Waals surface area contributed by atoms with Gasteiger partial charge in [-0.1, -0.05) is 0 Å². The second-order valence-corrected chi connectivity index (χ2v) is 5.51. The average molecular weight is 260 g/mol. The molecule has 1 amide bonds. The molecule has 2 atom stereocenters. The third-order valence-electron chi connectivity index (χ3n) is 2.65. The quantitative estimate of drug-likeness (QED) is 0.707. The number of nitrogens with one attached hydrogen (secondary N) is 1. The number of amides is 1. The maximum atomic E-state index is 11.8. The van der Waals surface area contributed by atoms with E-state index in [2.05, 4.69) is 5.32 Å². The molecule has 1 heterocycles. The molecule has 0 aromatic rings. The van der Waals surface area contributed by atoms with Gasteiger partial charge in [-0.05, 0) is 20.8 Å². The highest BCUT2D eigenvalue weighted by Gasteiger charge is 2.35. The maximum Gasteiger partial charge on any atom is 0.410 e. The first-order chi connectivity index (χ1) is 8.33. The summed E-state index contributed by atoms with van der Waals surface area (Å²) < 4.78 is 10.2. The predicted octanol–water partition coefficient (Wildman–Crippen LogP) is 0.203. The molecule has 0 spiro atoms. The van der Waals surface area contributed by atoms with Crippen molar-refractivity contribution in [3.05, 3.63) is 0 Å². The fourth-order valence-electron chi connectivity index (χ4n) is 1.81. The first kappa shape index (κ1) is 15.2. The standard InChI is InChI=1S/C12H24N2O4/c1-12(2,3)18-11(16)14-7-9(10(15)8-14)13-5-6-17-4/h9-10,13,15H,5-8H2,1-4H3/t9-,10-/m1/s1. The van der Waals surface area contributed by atoms with Crippen molar-refractivity contribution in [1.29, 1.82) is 0 Å². The number of aliphatic hydroxyl groups is 1. The second kappa shape index (κ2) is 6.36. The van der Waals surface area contributed by atoms with Crippen molar-refractivity contribution in [3.63, 3.8) is 0 Å². The summed E-state index contributed by atoms with van der Waals surface area (Å²) in [6, 6.07) is -0.118. The van der Waals surface area contributed by atoms with Crippen LogP contribution in [0.1, 0.15) is 20.8 Å². The normalized spacial score (nSPS) is 24.4. The third-order valence-corrected chi connectivity index (χ3v) is 2.65. The molecule has 0 unspecified atom stereocenters. The fourth-order valence-corrected chi connectivity index (χ4v) is 1.81. The van der Waals surface area contributed by atoms with E-state index < -0.39 is 11.7 Å². The van der Waals surface area contributed by atoms with Gasteiger partial charge in [0.1, 0.15) is 5.60 Å². The molecule has 2 N–H and O–H groups in total. The predicted molar refractivity (Wildman–Crippen MR) is 67.5 cm³/mol. The molecule has 6 nitrogen and oxygen atoms in total. The fraction of sp³-hybridized carbons (Fsp3) is 0.917. The van der Waals surface area contributed by atoms with E-state index in [1.165, 1.54) is 4.90 Å². The molecule has 1 aliphatic heterocycles. The molecule has 1 aliphatic rings. The van der Waals surface area contributed by atoms with Gasteiger partial charge in [-0.15, -0.1) is 0 Å². The molecule has 0 aliphatic carbocycles. The Hall–Kier alpha value is -0.850. The van der Waals surface area contributed by atoms with Crippen LogP contribution in [0.3, 0.4) is 0 Å². The van der Waals surface area contributed by atoms with Gasteiger partial charge in [-0.2, -0.15) is 0 Å². The molecule has 6 heteroatoms. The van der Waals surface area contributed by atoms with Gasteiger partial charge >= 0.3 is 6.09 Å². The van der Waals surface area contributed by atoms with Crippen molar-refractivity contribution in [2.45, 2.75) is 38.5 Å². The summed E-state index contributed by atoms with van der Waals surface area (Å²) in [4.78, 5) is 13.4. The zero-order valence-electron chi connectivity index (χ0n) is 11.6. The van der Waals surface area contributed by atoms with E-state index in [0.29, 0.717) is 26.2 Å². The molecule has 106 valence electrons. The minimum absolute atomic E-state index is 0.118. The Morgan fingerprint density at radius 1 is 1.44 bits per heavy atom. The number of carbonyl (C=O) groups excluding carboxylic acids is 1. The Kier molecular flexibility index (Phi) is 5.37. The van der Waals surface area contributed by atoms with E-state index in [0.717, 1.165) is 0 Å². The number of aliphatic hydroxyl groups excluding tert-OH is 1. The number of methoxy groups -OCH3 is 1. The van der Waals surface area contributed by atoms with Crippen molar-refractivity contribution in [1.82, 2.24) is 10.2 Å². The van der Waals surface area contributed by atoms with Gasteiger partial charge in [0.15, 0.2) is 0 Å². The molecule has 0 saturated carbocycles. The number of carbonyl (C=O) groups is 1. The van der Waals surface area contributed by atoms with E-state index in [1.54, 1.807) is 7.11 Å². The zero-order valence-corrected chi connectivity index (χ0v) is 11.6. The van der Waals surface area contributed by atoms with Crippen molar-refractivity contribution >= 4 is 6.09 Å². The molecule has 0 bridgehead atoms. The lowest BCUT2D eigenvalue weighted by molar-refractivity contribution is 0.0270. The van der Waals surface area contributed by atoms with Crippen molar-refractivity contribution in [2.75, 3.05) is 33.4 Å². The smallest absolute Gasteiger partial charge is 0.410 e. The number of nitrogens with zero attached hydrogens (tertiary/aromatic N) is 1. The van der Waals surface area contributed by atoms with Crippen LogP contribution in [0.15, 0.2) is 0 Å². The number of ether oxygens (including phenoxy) is 2. The lowest BCUT2D eigenvalue weighted by atomic mass is 10.2. The van der Waals surface area contributed by atoms with Gasteiger partial charge in [-0.25, -0.2) is 4.79 Å². The number of β-amino-alcohol motifs (C(OH)–C–C–N with tert-alkyl or cyclic N) is 1. The van der Waals surface area contributed by atoms with Crippen molar-refractivity contribution in [3.8, 4) is 0 Å². The summed E-state index contributed by atoms with van der Waals surface area (Å²) in [6.07, 6.45) is -0.938. The minimum Gasteiger partial charge on any atom is -0.444 e. The van der Waals surface area contributed by atoms with Crippen LogP contribution in [0.2, 0.25) is 0 Å². The van der Waals surface area contributed by atoms with Gasteiger partial charge in [-0.3, -0.25) is 0 Å². The number of hydrogen-bond donors (Lipinski definition) is 2. The van der Waals surface area contributed by atoms with Gasteiger partial charge in [0.25, 0.3) is 0 Å². The van der Waals surface area contributed by atoms with Gasteiger partial charge < -0.3 is 24.8 Å². The molecular formula is C12H24N2O4. The van der Waals surface area contributed by atoms with Gasteiger partial charge in [0, 0.05) is 20.2 Å². The second-order valence-electron chi connectivity index (χ2n) is 5.51. The van der Waals surface area contributed by atoms with Crippen LogP contribution in [0.4, 0.5) is 4.79 Å². The average Bonchev–Trinajstić information content (AvgIpc) is 2.58. The monoisotopic (exact) mass is 260 g/mol. The Bertz CT molecular complexity index is 278. The van der Waals surface area contributed by atoms with E-state index in [9.17, 15) is 9.90 Å². The summed E-state index contributed by atoms with van der Waals surface area (Å²) >= 11 is 0. The topological polar surface area (TPSA) is 71.0 Å². The van der Waals surface area contributed by atoms with Gasteiger partial charge in [0.2, 0.25) is 0 Å². The largest absolute Gasteiger partial charge is 0.444 e. The highest BCUT2D eigenvalue weighted by Crippen LogP contribution is 2.15. The lowest BCUT2D eigenvalue weighted by Gasteiger charge is -2.24. The summed E-state index contributed by atoms with van der Waals surface area (Å²) in [5.74, 6) is 0. The maximum absolute atomic E-state index is 11.8. The van der Waals surface area contributed by atoms with Crippen LogP contribution in [0.25, 0.3) is 0 Å². The Balaban J connectivity index is 2.40. The molecule has 1 fully saturated rings. The molecule has 18 heavy (non-hydrogen) atoms. The lowest BCUT2D eigenvalue weighted by Crippen LogP contribution is -2.41.